The minimum atomic E-state index is -0.890. The molecule has 0 radical (unpaired) electrons. The van der Waals surface area contributed by atoms with Gasteiger partial charge in [0.1, 0.15) is 40.6 Å². The zero-order chi connectivity index (χ0) is 37.4. The third kappa shape index (κ3) is 7.46. The molecule has 3 aliphatic rings. The summed E-state index contributed by atoms with van der Waals surface area (Å²) < 4.78 is 7.83. The van der Waals surface area contributed by atoms with Crippen molar-refractivity contribution in [3.63, 3.8) is 0 Å². The molecular weight excluding hydrogens is 746 g/mol. The quantitative estimate of drug-likeness (QED) is 0.154. The maximum atomic E-state index is 14.4. The van der Waals surface area contributed by atoms with Crippen LogP contribution in [0.3, 0.4) is 0 Å². The van der Waals surface area contributed by atoms with Crippen LogP contribution >= 0.6 is 15.9 Å². The SMILES string of the molecule is CC(=O)N[C@H]1C/C=C/COCc2ccc(Br)nc2NC(=O)[C@@H]2C[C@@]3(CNC1=O)C[C@H]3N2C(=O)Cn1nc(C(C)=O)c2cc(-c3cnc(C)nc3)ccc21. The summed E-state index contributed by atoms with van der Waals surface area (Å²) >= 11 is 3.39. The van der Waals surface area contributed by atoms with Crippen LogP contribution in [0.25, 0.3) is 22.0 Å². The number of nitrogens with zero attached hydrogens (tertiary/aromatic N) is 6. The second-order valence-corrected chi connectivity index (χ2v) is 14.6. The van der Waals surface area contributed by atoms with Crippen LogP contribution in [0.15, 0.2) is 59.5 Å². The number of aryl methyl sites for hydroxylation is 1. The van der Waals surface area contributed by atoms with Gasteiger partial charge in [0, 0.05) is 60.8 Å². The number of piperidine rings is 1. The molecule has 16 heteroatoms. The second kappa shape index (κ2) is 14.6. The largest absolute Gasteiger partial charge is 0.373 e. The van der Waals surface area contributed by atoms with E-state index < -0.39 is 23.4 Å². The van der Waals surface area contributed by atoms with Crippen molar-refractivity contribution in [2.45, 2.75) is 71.3 Å². The summed E-state index contributed by atoms with van der Waals surface area (Å²) in [6.07, 6.45) is 8.08. The minimum absolute atomic E-state index is 0.138. The van der Waals surface area contributed by atoms with Gasteiger partial charge in [-0.25, -0.2) is 15.0 Å². The molecule has 4 aromatic rings. The zero-order valence-electron chi connectivity index (χ0n) is 29.4. The number of ether oxygens (including phenoxy) is 1. The number of fused-ring (bicyclic) bond motifs is 3. The van der Waals surface area contributed by atoms with Crippen LogP contribution in [0.4, 0.5) is 5.82 Å². The Labute approximate surface area is 313 Å². The van der Waals surface area contributed by atoms with Crippen LogP contribution in [0, 0.1) is 12.3 Å². The first kappa shape index (κ1) is 36.0. The Morgan fingerprint density at radius 2 is 1.83 bits per heavy atom. The number of pyridine rings is 1. The Bertz CT molecular complexity index is 2170. The van der Waals surface area contributed by atoms with Crippen molar-refractivity contribution >= 4 is 62.1 Å². The molecule has 7 rings (SSSR count). The molecule has 2 fully saturated rings. The molecule has 15 nitrogen and oxygen atoms in total. The highest BCUT2D eigenvalue weighted by Crippen LogP contribution is 2.59. The highest BCUT2D eigenvalue weighted by molar-refractivity contribution is 9.10. The molecule has 1 saturated carbocycles. The number of amides is 4. The average Bonchev–Trinajstić information content (AvgIpc) is 3.54. The van der Waals surface area contributed by atoms with E-state index in [9.17, 15) is 24.0 Å². The number of nitrogens with one attached hydrogen (secondary N) is 3. The summed E-state index contributed by atoms with van der Waals surface area (Å²) in [4.78, 5) is 81.2. The Hall–Kier alpha value is -5.35. The molecule has 5 heterocycles. The predicted octanol–water partition coefficient (Wildman–Crippen LogP) is 3.26. The van der Waals surface area contributed by atoms with Crippen molar-refractivity contribution in [2.24, 2.45) is 5.41 Å². The minimum Gasteiger partial charge on any atom is -0.373 e. The molecular formula is C37H38BrN9O6. The standard InChI is InChI=1S/C37H38BrN9O6/c1-20(48)33-26-12-23(25-15-39-21(2)40-16-25)7-9-28(26)46(45-33)17-32(50)47-29-13-37(14-30(37)47)19-41-35(51)27(42-22(3)49)6-4-5-11-53-18-24-8-10-31(38)43-34(24)44-36(29)52/h4-5,7-10,12,15-16,27,29-30H,6,11,13-14,17-19H2,1-3H3,(H,41,51)(H,42,49)(H,43,44,52)/b5-4+/t27-,29-,30+,37-/m0/s1. The Balaban J connectivity index is 1.20. The van der Waals surface area contributed by atoms with E-state index in [1.807, 2.05) is 12.1 Å². The molecule has 3 N–H and O–H groups in total. The molecule has 0 unspecified atom stereocenters. The van der Waals surface area contributed by atoms with Crippen LogP contribution in [0.1, 0.15) is 55.0 Å². The highest BCUT2D eigenvalue weighted by atomic mass is 79.9. The van der Waals surface area contributed by atoms with E-state index >= 15 is 0 Å². The van der Waals surface area contributed by atoms with Crippen molar-refractivity contribution < 1.29 is 28.7 Å². The van der Waals surface area contributed by atoms with Crippen molar-refractivity contribution in [3.8, 4) is 11.1 Å². The van der Waals surface area contributed by atoms with E-state index in [0.29, 0.717) is 45.6 Å². The van der Waals surface area contributed by atoms with Gasteiger partial charge in [0.2, 0.25) is 23.6 Å². The van der Waals surface area contributed by atoms with Crippen LogP contribution in [-0.2, 0) is 37.1 Å². The lowest BCUT2D eigenvalue weighted by Gasteiger charge is -2.27. The Kier molecular flexibility index (Phi) is 9.91. The normalized spacial score (nSPS) is 23.6. The first-order valence-electron chi connectivity index (χ1n) is 17.3. The Morgan fingerprint density at radius 1 is 1.04 bits per heavy atom. The van der Waals surface area contributed by atoms with Gasteiger partial charge in [0.05, 0.1) is 18.7 Å². The maximum absolute atomic E-state index is 14.4. The maximum Gasteiger partial charge on any atom is 0.248 e. The lowest BCUT2D eigenvalue weighted by molar-refractivity contribution is -0.138. The van der Waals surface area contributed by atoms with Crippen LogP contribution in [0.2, 0.25) is 0 Å². The molecule has 2 bridgehead atoms. The number of rotatable bonds is 5. The van der Waals surface area contributed by atoms with Crippen LogP contribution < -0.4 is 16.0 Å². The zero-order valence-corrected chi connectivity index (χ0v) is 31.0. The van der Waals surface area contributed by atoms with Crippen molar-refractivity contribution in [1.82, 2.24) is 40.3 Å². The monoisotopic (exact) mass is 783 g/mol. The van der Waals surface area contributed by atoms with Crippen molar-refractivity contribution in [1.29, 1.82) is 0 Å². The van der Waals surface area contributed by atoms with E-state index in [2.05, 4.69) is 51.9 Å². The summed E-state index contributed by atoms with van der Waals surface area (Å²) in [6.45, 7) is 4.91. The smallest absolute Gasteiger partial charge is 0.248 e. The fourth-order valence-corrected chi connectivity index (χ4v) is 7.56. The van der Waals surface area contributed by atoms with Crippen LogP contribution in [0.5, 0.6) is 0 Å². The van der Waals surface area contributed by atoms with E-state index in [1.54, 1.807) is 54.6 Å². The molecule has 1 spiro atoms. The van der Waals surface area contributed by atoms with Crippen molar-refractivity contribution in [3.05, 3.63) is 76.6 Å². The van der Waals surface area contributed by atoms with Gasteiger partial charge in [0.15, 0.2) is 5.78 Å². The summed E-state index contributed by atoms with van der Waals surface area (Å²) in [7, 11) is 0. The van der Waals surface area contributed by atoms with Gasteiger partial charge in [-0.05, 0) is 65.9 Å². The molecule has 2 aliphatic heterocycles. The van der Waals surface area contributed by atoms with E-state index in [0.717, 1.165) is 11.1 Å². The topological polar surface area (TPSA) is 190 Å². The van der Waals surface area contributed by atoms with Crippen molar-refractivity contribution in [2.75, 3.05) is 18.5 Å². The van der Waals surface area contributed by atoms with E-state index in [1.165, 1.54) is 18.5 Å². The lowest BCUT2D eigenvalue weighted by atomic mass is 9.98. The third-order valence-corrected chi connectivity index (χ3v) is 10.4. The molecule has 4 atom stereocenters. The summed E-state index contributed by atoms with van der Waals surface area (Å²) in [5.41, 5.74) is 2.44. The van der Waals surface area contributed by atoms with Crippen LogP contribution in [-0.4, -0.2) is 90.3 Å². The number of hydrogen-bond donors (Lipinski definition) is 3. The average molecular weight is 785 g/mol. The summed E-state index contributed by atoms with van der Waals surface area (Å²) in [5, 5.41) is 13.8. The second-order valence-electron chi connectivity index (χ2n) is 13.7. The van der Waals surface area contributed by atoms with Gasteiger partial charge >= 0.3 is 0 Å². The number of aromatic nitrogens is 5. The molecule has 1 aromatic carbocycles. The molecule has 3 aromatic heterocycles. The van der Waals surface area contributed by atoms with Gasteiger partial charge in [-0.1, -0.05) is 24.3 Å². The summed E-state index contributed by atoms with van der Waals surface area (Å²) in [5.74, 6) is -0.817. The number of ketones is 1. The van der Waals surface area contributed by atoms with Gasteiger partial charge in [-0.15, -0.1) is 0 Å². The fraction of sp³-hybridized carbons (Fsp3) is 0.378. The number of carbonyl (C=O) groups excluding carboxylic acids is 5. The fourth-order valence-electron chi connectivity index (χ4n) is 7.25. The molecule has 4 amide bonds. The third-order valence-electron chi connectivity index (χ3n) is 10.00. The Morgan fingerprint density at radius 3 is 2.58 bits per heavy atom. The lowest BCUT2D eigenvalue weighted by Crippen LogP contribution is -2.47. The number of benzene rings is 1. The highest BCUT2D eigenvalue weighted by Gasteiger charge is 2.67. The van der Waals surface area contributed by atoms with Gasteiger partial charge in [0.25, 0.3) is 0 Å². The molecule has 274 valence electrons. The number of hydrogen-bond acceptors (Lipinski definition) is 10. The summed E-state index contributed by atoms with van der Waals surface area (Å²) in [6, 6.07) is 7.00. The predicted molar refractivity (Wildman–Crippen MR) is 196 cm³/mol. The number of carbonyl (C=O) groups is 5. The molecule has 1 saturated heterocycles. The molecule has 1 aliphatic carbocycles. The number of halogens is 1. The van der Waals surface area contributed by atoms with E-state index in [4.69, 9.17) is 4.74 Å². The first-order valence-corrected chi connectivity index (χ1v) is 18.1. The van der Waals surface area contributed by atoms with Gasteiger partial charge in [-0.3, -0.25) is 28.7 Å². The van der Waals surface area contributed by atoms with Gasteiger partial charge in [-0.2, -0.15) is 5.10 Å². The molecule has 53 heavy (non-hydrogen) atoms. The first-order chi connectivity index (χ1) is 25.4. The van der Waals surface area contributed by atoms with E-state index in [-0.39, 0.29) is 68.0 Å². The number of Topliss-reactive ketones (excluding diaryl/α,β-unsaturated/α-hetero) is 1. The number of likely N-dealkylation sites (tertiary alicyclic amines) is 1. The number of anilines is 1. The van der Waals surface area contributed by atoms with Gasteiger partial charge < -0.3 is 25.6 Å².